The van der Waals surface area contributed by atoms with Crippen molar-refractivity contribution in [3.8, 4) is 5.75 Å². The Hall–Kier alpha value is -3.42. The molecule has 0 bridgehead atoms. The molecule has 0 radical (unpaired) electrons. The number of nitrogens with one attached hydrogen (secondary N) is 1. The number of alkyl halides is 1. The van der Waals surface area contributed by atoms with Gasteiger partial charge in [0.15, 0.2) is 23.5 Å². The van der Waals surface area contributed by atoms with Gasteiger partial charge in [-0.1, -0.05) is 36.4 Å². The third kappa shape index (κ3) is 6.57. The van der Waals surface area contributed by atoms with E-state index in [1.807, 2.05) is 12.1 Å². The third-order valence-corrected chi connectivity index (χ3v) is 7.97. The number of halogens is 2. The van der Waals surface area contributed by atoms with Crippen LogP contribution in [0.4, 0.5) is 14.6 Å². The molecule has 222 valence electrons. The van der Waals surface area contributed by atoms with Gasteiger partial charge in [-0.3, -0.25) is 13.9 Å². The zero-order chi connectivity index (χ0) is 30.1. The number of aliphatic hydroxyl groups is 1. The molecule has 2 aromatic carbocycles. The maximum Gasteiger partial charge on any atom is 0.459 e. The Kier molecular flexibility index (Phi) is 8.81. The van der Waals surface area contributed by atoms with Crippen molar-refractivity contribution in [2.24, 2.45) is 0 Å². The molecule has 15 heteroatoms. The van der Waals surface area contributed by atoms with E-state index in [4.69, 9.17) is 24.3 Å². The number of fused-ring (bicyclic) bond motifs is 1. The smallest absolute Gasteiger partial charge is 0.459 e. The van der Waals surface area contributed by atoms with Crippen molar-refractivity contribution >= 4 is 30.3 Å². The fourth-order valence-corrected chi connectivity index (χ4v) is 5.79. The summed E-state index contributed by atoms with van der Waals surface area (Å²) >= 11 is 0. The first-order chi connectivity index (χ1) is 19.2. The van der Waals surface area contributed by atoms with Crippen molar-refractivity contribution in [1.29, 1.82) is 0 Å². The van der Waals surface area contributed by atoms with E-state index < -0.39 is 73.9 Å². The van der Waals surface area contributed by atoms with Crippen molar-refractivity contribution < 1.29 is 41.8 Å². The number of ether oxygens (including phenoxy) is 2. The molecule has 0 saturated carbocycles. The van der Waals surface area contributed by atoms with Gasteiger partial charge in [0.05, 0.1) is 18.9 Å². The van der Waals surface area contributed by atoms with Gasteiger partial charge in [0.25, 0.3) is 0 Å². The van der Waals surface area contributed by atoms with Gasteiger partial charge in [-0.2, -0.15) is 10.1 Å². The summed E-state index contributed by atoms with van der Waals surface area (Å²) in [6.07, 6.45) is -5.10. The molecular weight excluding hydrogens is 565 g/mol. The summed E-state index contributed by atoms with van der Waals surface area (Å²) in [4.78, 5) is 28.1. The minimum absolute atomic E-state index is 0.152. The van der Waals surface area contributed by atoms with Gasteiger partial charge < -0.3 is 24.8 Å². The first kappa shape index (κ1) is 30.5. The number of hydrogen-bond donors (Lipinski definition) is 3. The number of benzene rings is 2. The number of nitrogens with zero attached hydrogens (tertiary/aromatic N) is 2. The quantitative estimate of drug-likeness (QED) is 0.232. The highest BCUT2D eigenvalue weighted by atomic mass is 31.2. The predicted molar refractivity (Wildman–Crippen MR) is 144 cm³/mol. The standard InChI is InChI=1S/C26H31F2N4O8P/c1-14(2)38-23(34)15(3)31-41(36,40-19-11-7-9-16-8-5-6-10-17(16)19)37-13-20-21(33)26(4,28)24(39-20)32-12-18(27)22(29)30-25(32)35/h5-12,14-15,20-21,24,33H,13H2,1-4H3,(H,31,36)(H2,29,30,35)/t15-,20-,21-,24-,26-,41+/m1/s1. The summed E-state index contributed by atoms with van der Waals surface area (Å²) in [5.74, 6) is -2.37. The second-order valence-electron chi connectivity index (χ2n) is 9.99. The minimum Gasteiger partial charge on any atom is -0.462 e. The lowest BCUT2D eigenvalue weighted by Gasteiger charge is -2.26. The molecule has 4 rings (SSSR count). The lowest BCUT2D eigenvalue weighted by atomic mass is 9.98. The summed E-state index contributed by atoms with van der Waals surface area (Å²) in [7, 11) is -4.46. The van der Waals surface area contributed by atoms with Gasteiger partial charge in [-0.05, 0) is 39.1 Å². The van der Waals surface area contributed by atoms with Crippen molar-refractivity contribution in [3.63, 3.8) is 0 Å². The van der Waals surface area contributed by atoms with Gasteiger partial charge >= 0.3 is 19.4 Å². The van der Waals surface area contributed by atoms with E-state index in [2.05, 4.69) is 10.1 Å². The van der Waals surface area contributed by atoms with Crippen LogP contribution in [-0.2, 0) is 23.4 Å². The molecular formula is C26H31F2N4O8P. The van der Waals surface area contributed by atoms with Gasteiger partial charge in [-0.25, -0.2) is 18.1 Å². The van der Waals surface area contributed by atoms with Crippen LogP contribution < -0.4 is 21.0 Å². The summed E-state index contributed by atoms with van der Waals surface area (Å²) < 4.78 is 66.3. The average Bonchev–Trinajstić information content (AvgIpc) is 3.13. The summed E-state index contributed by atoms with van der Waals surface area (Å²) in [6, 6.07) is 10.9. The Balaban J connectivity index is 1.60. The minimum atomic E-state index is -4.46. The molecule has 0 spiro atoms. The van der Waals surface area contributed by atoms with E-state index in [1.165, 1.54) is 6.92 Å². The van der Waals surface area contributed by atoms with Crippen molar-refractivity contribution in [2.45, 2.75) is 63.9 Å². The number of carbonyl (C=O) groups excluding carboxylic acids is 1. The molecule has 1 aliphatic rings. The number of aromatic nitrogens is 2. The van der Waals surface area contributed by atoms with Crippen LogP contribution in [0.3, 0.4) is 0 Å². The largest absolute Gasteiger partial charge is 0.462 e. The van der Waals surface area contributed by atoms with Crippen LogP contribution in [0.5, 0.6) is 5.75 Å². The van der Waals surface area contributed by atoms with Gasteiger partial charge in [0.1, 0.15) is 24.0 Å². The fourth-order valence-electron chi connectivity index (χ4n) is 4.27. The van der Waals surface area contributed by atoms with Crippen LogP contribution in [0.15, 0.2) is 53.5 Å². The molecule has 4 N–H and O–H groups in total. The first-order valence-corrected chi connectivity index (χ1v) is 14.2. The zero-order valence-electron chi connectivity index (χ0n) is 22.7. The Morgan fingerprint density at radius 2 is 1.95 bits per heavy atom. The molecule has 41 heavy (non-hydrogen) atoms. The van der Waals surface area contributed by atoms with E-state index in [1.54, 1.807) is 44.2 Å². The van der Waals surface area contributed by atoms with Crippen LogP contribution in [-0.4, -0.2) is 57.3 Å². The van der Waals surface area contributed by atoms with E-state index >= 15 is 4.39 Å². The van der Waals surface area contributed by atoms with Gasteiger partial charge in [-0.15, -0.1) is 0 Å². The van der Waals surface area contributed by atoms with E-state index in [-0.39, 0.29) is 5.75 Å². The van der Waals surface area contributed by atoms with E-state index in [9.17, 15) is 23.7 Å². The maximum absolute atomic E-state index is 15.6. The lowest BCUT2D eigenvalue weighted by Crippen LogP contribution is -2.43. The number of nitrogen functional groups attached to an aromatic ring is 1. The molecule has 12 nitrogen and oxygen atoms in total. The van der Waals surface area contributed by atoms with Crippen LogP contribution in [0.1, 0.15) is 33.9 Å². The highest BCUT2D eigenvalue weighted by molar-refractivity contribution is 7.52. The molecule has 0 aliphatic carbocycles. The summed E-state index contributed by atoms with van der Waals surface area (Å²) in [5.41, 5.74) is 1.55. The Morgan fingerprint density at radius 3 is 2.66 bits per heavy atom. The fraction of sp³-hybridized carbons (Fsp3) is 0.423. The third-order valence-electron chi connectivity index (χ3n) is 6.34. The molecule has 1 aromatic heterocycles. The van der Waals surface area contributed by atoms with Crippen molar-refractivity contribution in [3.05, 3.63) is 65.0 Å². The highest BCUT2D eigenvalue weighted by Gasteiger charge is 2.56. The SMILES string of the molecule is CC(C)OC(=O)[C@@H](C)N[P@](=O)(OC[C@H]1O[C@@H](n2cc(F)c(N)nc2=O)[C@](C)(F)[C@@H]1O)Oc1cccc2ccccc12. The van der Waals surface area contributed by atoms with Crippen molar-refractivity contribution in [2.75, 3.05) is 12.3 Å². The van der Waals surface area contributed by atoms with E-state index in [0.29, 0.717) is 16.2 Å². The molecule has 2 heterocycles. The summed E-state index contributed by atoms with van der Waals surface area (Å²) in [5, 5.41) is 14.6. The van der Waals surface area contributed by atoms with Crippen LogP contribution >= 0.6 is 7.75 Å². The van der Waals surface area contributed by atoms with Gasteiger partial charge in [0, 0.05) is 5.39 Å². The van der Waals surface area contributed by atoms with Crippen LogP contribution in [0, 0.1) is 5.82 Å². The molecule has 1 aliphatic heterocycles. The zero-order valence-corrected chi connectivity index (χ0v) is 23.6. The average molecular weight is 597 g/mol. The predicted octanol–water partition coefficient (Wildman–Crippen LogP) is 3.24. The normalized spacial score (nSPS) is 24.7. The van der Waals surface area contributed by atoms with Crippen LogP contribution in [0.25, 0.3) is 10.8 Å². The number of nitrogens with two attached hydrogens (primary N) is 1. The highest BCUT2D eigenvalue weighted by Crippen LogP contribution is 2.48. The number of hydrogen-bond acceptors (Lipinski definition) is 10. The first-order valence-electron chi connectivity index (χ1n) is 12.7. The molecule has 3 aromatic rings. The number of anilines is 1. The molecule has 1 fully saturated rings. The monoisotopic (exact) mass is 596 g/mol. The molecule has 1 saturated heterocycles. The Bertz CT molecular complexity index is 1530. The lowest BCUT2D eigenvalue weighted by molar-refractivity contribution is -0.149. The Labute approximate surface area is 234 Å². The number of carbonyl (C=O) groups is 1. The second kappa shape index (κ2) is 11.8. The topological polar surface area (TPSA) is 164 Å². The van der Waals surface area contributed by atoms with Crippen LogP contribution in [0.2, 0.25) is 0 Å². The second-order valence-corrected chi connectivity index (χ2v) is 11.7. The Morgan fingerprint density at radius 1 is 1.27 bits per heavy atom. The maximum atomic E-state index is 15.6. The molecule has 6 atom stereocenters. The molecule has 0 unspecified atom stereocenters. The summed E-state index contributed by atoms with van der Waals surface area (Å²) in [6.45, 7) is 4.89. The molecule has 0 amide bonds. The van der Waals surface area contributed by atoms with Crippen molar-refractivity contribution in [1.82, 2.24) is 14.6 Å². The number of esters is 1. The number of aliphatic hydroxyl groups excluding tert-OH is 1. The van der Waals surface area contributed by atoms with E-state index in [0.717, 1.165) is 12.3 Å². The van der Waals surface area contributed by atoms with Gasteiger partial charge in [0.2, 0.25) is 0 Å². The number of rotatable bonds is 10.